The molecule has 3 heterocycles. The summed E-state index contributed by atoms with van der Waals surface area (Å²) in [6, 6.07) is 9.10. The van der Waals surface area contributed by atoms with Crippen LogP contribution in [0.25, 0.3) is 10.9 Å². The van der Waals surface area contributed by atoms with Crippen molar-refractivity contribution in [3.63, 3.8) is 0 Å². The number of aliphatic carboxylic acids is 1. The number of carbonyl (C=O) groups is 1. The number of piperidine rings is 1. The Bertz CT molecular complexity index is 1140. The summed E-state index contributed by atoms with van der Waals surface area (Å²) >= 11 is 7.85. The Hall–Kier alpha value is -2.22. The van der Waals surface area contributed by atoms with Crippen molar-refractivity contribution in [1.82, 2.24) is 9.88 Å². The van der Waals surface area contributed by atoms with Crippen molar-refractivity contribution in [3.8, 4) is 5.75 Å². The summed E-state index contributed by atoms with van der Waals surface area (Å²) in [6.07, 6.45) is 5.09. The molecule has 0 amide bonds. The van der Waals surface area contributed by atoms with E-state index in [9.17, 15) is 9.90 Å². The molecule has 3 atom stereocenters. The molecule has 1 aromatic carbocycles. The predicted molar refractivity (Wildman–Crippen MR) is 139 cm³/mol. The van der Waals surface area contributed by atoms with Gasteiger partial charge in [0.2, 0.25) is 0 Å². The lowest BCUT2D eigenvalue weighted by molar-refractivity contribution is -0.146. The molecule has 0 saturated carbocycles. The van der Waals surface area contributed by atoms with Crippen LogP contribution in [0.2, 0.25) is 5.02 Å². The van der Waals surface area contributed by atoms with Gasteiger partial charge in [-0.2, -0.15) is 0 Å². The van der Waals surface area contributed by atoms with Crippen molar-refractivity contribution >= 4 is 39.8 Å². The second-order valence-electron chi connectivity index (χ2n) is 9.27. The molecule has 0 spiro atoms. The van der Waals surface area contributed by atoms with E-state index in [1.165, 1.54) is 4.88 Å². The third-order valence-electron chi connectivity index (χ3n) is 7.09. The number of thiophene rings is 1. The van der Waals surface area contributed by atoms with Gasteiger partial charge in [0.05, 0.1) is 23.6 Å². The molecule has 4 rings (SSSR count). The Balaban J connectivity index is 1.30. The maximum atomic E-state index is 15.4. The number of methoxy groups -OCH3 is 1. The van der Waals surface area contributed by atoms with Crippen LogP contribution in [0.5, 0.6) is 5.75 Å². The maximum absolute atomic E-state index is 15.4. The first-order chi connectivity index (χ1) is 17.0. The number of likely N-dealkylation sites (tertiary alicyclic amines) is 1. The molecule has 5 nitrogen and oxygen atoms in total. The van der Waals surface area contributed by atoms with E-state index in [1.54, 1.807) is 30.7 Å². The first-order valence-electron chi connectivity index (χ1n) is 12.2. The van der Waals surface area contributed by atoms with Crippen molar-refractivity contribution in [2.24, 2.45) is 11.8 Å². The van der Waals surface area contributed by atoms with E-state index in [0.717, 1.165) is 54.7 Å². The highest BCUT2D eigenvalue weighted by atomic mass is 35.5. The second-order valence-corrected chi connectivity index (χ2v) is 10.7. The van der Waals surface area contributed by atoms with Crippen LogP contribution in [-0.2, 0) is 11.2 Å². The SMILES string of the molecule is COc1ccc2nccc(C(F)CC[C@@H]3CCN(CCCCc4sccc4Cl)C[C@@H]3C(=O)O)c2c1. The fourth-order valence-electron chi connectivity index (χ4n) is 5.08. The molecule has 0 radical (unpaired) electrons. The van der Waals surface area contributed by atoms with Crippen LogP contribution in [0.1, 0.15) is 48.7 Å². The number of hydrogen-bond donors (Lipinski definition) is 1. The predicted octanol–water partition coefficient (Wildman–Crippen LogP) is 6.79. The third kappa shape index (κ3) is 6.51. The van der Waals surface area contributed by atoms with Crippen molar-refractivity contribution in [2.45, 2.75) is 44.7 Å². The number of pyridine rings is 1. The van der Waals surface area contributed by atoms with E-state index in [2.05, 4.69) is 9.88 Å². The van der Waals surface area contributed by atoms with Crippen LogP contribution in [-0.4, -0.2) is 47.7 Å². The zero-order chi connectivity index (χ0) is 24.8. The molecule has 1 aliphatic heterocycles. The molecule has 0 bridgehead atoms. The summed E-state index contributed by atoms with van der Waals surface area (Å²) in [7, 11) is 1.59. The van der Waals surface area contributed by atoms with Crippen molar-refractivity contribution < 1.29 is 19.0 Å². The number of carboxylic acids is 1. The van der Waals surface area contributed by atoms with Gasteiger partial charge in [-0.05, 0) is 98.8 Å². The Morgan fingerprint density at radius 3 is 2.94 bits per heavy atom. The molecule has 1 aliphatic rings. The largest absolute Gasteiger partial charge is 0.497 e. The summed E-state index contributed by atoms with van der Waals surface area (Å²) in [5, 5.41) is 13.5. The monoisotopic (exact) mass is 518 g/mol. The minimum absolute atomic E-state index is 0.0189. The Labute approximate surface area is 214 Å². The average molecular weight is 519 g/mol. The van der Waals surface area contributed by atoms with E-state index in [1.807, 2.05) is 29.6 Å². The number of nitrogens with zero attached hydrogens (tertiary/aromatic N) is 2. The van der Waals surface area contributed by atoms with Gasteiger partial charge in [-0.1, -0.05) is 11.6 Å². The highest BCUT2D eigenvalue weighted by molar-refractivity contribution is 7.10. The zero-order valence-corrected chi connectivity index (χ0v) is 21.5. The summed E-state index contributed by atoms with van der Waals surface area (Å²) < 4.78 is 20.7. The van der Waals surface area contributed by atoms with E-state index in [0.29, 0.717) is 30.7 Å². The van der Waals surface area contributed by atoms with Gasteiger partial charge in [0, 0.05) is 23.0 Å². The smallest absolute Gasteiger partial charge is 0.308 e. The number of carboxylic acid groups (broad SMARTS) is 1. The normalized spacial score (nSPS) is 19.6. The first kappa shape index (κ1) is 25.9. The van der Waals surface area contributed by atoms with Gasteiger partial charge in [0.1, 0.15) is 11.9 Å². The molecule has 1 unspecified atom stereocenters. The highest BCUT2D eigenvalue weighted by Crippen LogP contribution is 2.35. The highest BCUT2D eigenvalue weighted by Gasteiger charge is 2.34. The molecular weight excluding hydrogens is 487 g/mol. The number of ether oxygens (including phenoxy) is 1. The molecule has 35 heavy (non-hydrogen) atoms. The number of benzene rings is 1. The van der Waals surface area contributed by atoms with Crippen LogP contribution in [0, 0.1) is 11.8 Å². The molecule has 3 aromatic rings. The van der Waals surface area contributed by atoms with E-state index >= 15 is 4.39 Å². The van der Waals surface area contributed by atoms with Crippen LogP contribution in [0.4, 0.5) is 4.39 Å². The number of rotatable bonds is 11. The van der Waals surface area contributed by atoms with E-state index < -0.39 is 18.1 Å². The molecule has 188 valence electrons. The molecule has 1 fully saturated rings. The van der Waals surface area contributed by atoms with E-state index in [4.69, 9.17) is 16.3 Å². The second kappa shape index (κ2) is 12.2. The molecule has 8 heteroatoms. The Morgan fingerprint density at radius 2 is 2.20 bits per heavy atom. The standard InChI is InChI=1S/C27H32ClFN2O3S/c1-34-19-6-8-25-21(16-19)20(9-12-30-25)24(29)7-5-18-10-14-31(17-22(18)27(32)33)13-3-2-4-26-23(28)11-15-35-26/h6,8-9,11-12,15-16,18,22,24H,2-5,7,10,13-14,17H2,1H3,(H,32,33)/t18-,22+,24?/m1/s1. The average Bonchev–Trinajstić information content (AvgIpc) is 3.29. The summed E-state index contributed by atoms with van der Waals surface area (Å²) in [5.41, 5.74) is 1.31. The first-order valence-corrected chi connectivity index (χ1v) is 13.5. The number of unbranched alkanes of at least 4 members (excludes halogenated alkanes) is 1. The number of aryl methyl sites for hydroxylation is 1. The van der Waals surface area contributed by atoms with Gasteiger partial charge < -0.3 is 14.7 Å². The molecule has 1 N–H and O–H groups in total. The minimum atomic E-state index is -1.18. The number of alkyl halides is 1. The van der Waals surface area contributed by atoms with Gasteiger partial charge >= 0.3 is 5.97 Å². The minimum Gasteiger partial charge on any atom is -0.497 e. The molecular formula is C27H32ClFN2O3S. The Kier molecular flexibility index (Phi) is 8.98. The summed E-state index contributed by atoms with van der Waals surface area (Å²) in [4.78, 5) is 19.8. The lowest BCUT2D eigenvalue weighted by Gasteiger charge is -2.37. The Morgan fingerprint density at radius 1 is 1.34 bits per heavy atom. The number of aromatic nitrogens is 1. The lowest BCUT2D eigenvalue weighted by atomic mass is 9.81. The van der Waals surface area contributed by atoms with Crippen LogP contribution >= 0.6 is 22.9 Å². The van der Waals surface area contributed by atoms with Crippen LogP contribution in [0.3, 0.4) is 0 Å². The van der Waals surface area contributed by atoms with Gasteiger partial charge in [0.25, 0.3) is 0 Å². The van der Waals surface area contributed by atoms with Crippen LogP contribution < -0.4 is 4.74 Å². The van der Waals surface area contributed by atoms with E-state index in [-0.39, 0.29) is 5.92 Å². The van der Waals surface area contributed by atoms with Gasteiger partial charge in [-0.25, -0.2) is 4.39 Å². The van der Waals surface area contributed by atoms with Crippen molar-refractivity contribution in [1.29, 1.82) is 0 Å². The van der Waals surface area contributed by atoms with Crippen molar-refractivity contribution in [3.05, 3.63) is 57.4 Å². The van der Waals surface area contributed by atoms with Gasteiger partial charge in [-0.3, -0.25) is 9.78 Å². The number of halogens is 2. The van der Waals surface area contributed by atoms with Crippen LogP contribution in [0.15, 0.2) is 41.9 Å². The quantitative estimate of drug-likeness (QED) is 0.283. The third-order valence-corrected chi connectivity index (χ3v) is 8.53. The number of hydrogen-bond acceptors (Lipinski definition) is 5. The topological polar surface area (TPSA) is 62.7 Å². The van der Waals surface area contributed by atoms with Crippen molar-refractivity contribution in [2.75, 3.05) is 26.7 Å². The molecule has 1 saturated heterocycles. The number of fused-ring (bicyclic) bond motifs is 1. The maximum Gasteiger partial charge on any atom is 0.308 e. The van der Waals surface area contributed by atoms with Gasteiger partial charge in [-0.15, -0.1) is 11.3 Å². The molecule has 2 aromatic heterocycles. The summed E-state index contributed by atoms with van der Waals surface area (Å²) in [6.45, 7) is 2.28. The fourth-order valence-corrected chi connectivity index (χ4v) is 6.26. The lowest BCUT2D eigenvalue weighted by Crippen LogP contribution is -2.44. The summed E-state index contributed by atoms with van der Waals surface area (Å²) in [5.74, 6) is -0.596. The van der Waals surface area contributed by atoms with Gasteiger partial charge in [0.15, 0.2) is 0 Å². The molecule has 0 aliphatic carbocycles. The zero-order valence-electron chi connectivity index (χ0n) is 20.0. The fraction of sp³-hybridized carbons (Fsp3) is 0.481.